The Hall–Kier alpha value is -1.26. The summed E-state index contributed by atoms with van der Waals surface area (Å²) in [6.45, 7) is 1.79. The van der Waals surface area contributed by atoms with Crippen molar-refractivity contribution >= 4 is 40.1 Å². The molecule has 1 saturated heterocycles. The molecule has 0 aliphatic carbocycles. The predicted molar refractivity (Wildman–Crippen MR) is 84.9 cm³/mol. The highest BCUT2D eigenvalue weighted by Crippen LogP contribution is 2.26. The molecule has 0 bridgehead atoms. The van der Waals surface area contributed by atoms with Crippen LogP contribution in [0.15, 0.2) is 12.1 Å². The predicted octanol–water partition coefficient (Wildman–Crippen LogP) is 3.81. The van der Waals surface area contributed by atoms with E-state index >= 15 is 0 Å². The van der Waals surface area contributed by atoms with Gasteiger partial charge in [0.1, 0.15) is 5.82 Å². The number of hydrogen-bond donors (Lipinski definition) is 1. The Kier molecular flexibility index (Phi) is 4.36. The molecule has 4 nitrogen and oxygen atoms in total. The number of likely N-dealkylation sites (tertiary alicyclic amines) is 1. The van der Waals surface area contributed by atoms with Crippen molar-refractivity contribution in [2.75, 3.05) is 13.1 Å². The van der Waals surface area contributed by atoms with Crippen molar-refractivity contribution in [2.45, 2.75) is 32.1 Å². The van der Waals surface area contributed by atoms with Crippen LogP contribution in [0.5, 0.6) is 0 Å². The van der Waals surface area contributed by atoms with Crippen molar-refractivity contribution in [2.24, 2.45) is 0 Å². The summed E-state index contributed by atoms with van der Waals surface area (Å²) < 4.78 is 0. The van der Waals surface area contributed by atoms with E-state index in [1.165, 1.54) is 6.42 Å². The number of aromatic amines is 1. The number of halogens is 2. The van der Waals surface area contributed by atoms with E-state index in [2.05, 4.69) is 9.97 Å². The lowest BCUT2D eigenvalue weighted by atomic mass is 10.1. The first-order chi connectivity index (χ1) is 10.1. The maximum atomic E-state index is 12.1. The SMILES string of the molecule is O=C(CCc1nc2cc(Cl)c(Cl)cc2[nH]1)N1CCCCC1. The molecule has 1 aromatic heterocycles. The van der Waals surface area contributed by atoms with Crippen molar-refractivity contribution < 1.29 is 4.79 Å². The number of amides is 1. The van der Waals surface area contributed by atoms with Gasteiger partial charge >= 0.3 is 0 Å². The summed E-state index contributed by atoms with van der Waals surface area (Å²) >= 11 is 12.0. The van der Waals surface area contributed by atoms with E-state index in [9.17, 15) is 4.79 Å². The molecule has 1 amide bonds. The van der Waals surface area contributed by atoms with Gasteiger partial charge in [-0.1, -0.05) is 23.2 Å². The summed E-state index contributed by atoms with van der Waals surface area (Å²) in [5, 5.41) is 0.996. The lowest BCUT2D eigenvalue weighted by Crippen LogP contribution is -2.35. The highest BCUT2D eigenvalue weighted by Gasteiger charge is 2.16. The van der Waals surface area contributed by atoms with Crippen molar-refractivity contribution in [1.29, 1.82) is 0 Å². The molecule has 6 heteroatoms. The number of carbonyl (C=O) groups is 1. The standard InChI is InChI=1S/C15H17Cl2N3O/c16-10-8-12-13(9-11(10)17)19-14(18-12)4-5-15(21)20-6-2-1-3-7-20/h8-9H,1-7H2,(H,18,19). The number of imidazole rings is 1. The van der Waals surface area contributed by atoms with Gasteiger partial charge < -0.3 is 9.88 Å². The zero-order valence-electron chi connectivity index (χ0n) is 11.7. The second-order valence-electron chi connectivity index (χ2n) is 5.41. The average molecular weight is 326 g/mol. The Labute approximate surface area is 133 Å². The van der Waals surface area contributed by atoms with Gasteiger partial charge in [-0.15, -0.1) is 0 Å². The topological polar surface area (TPSA) is 49.0 Å². The van der Waals surface area contributed by atoms with E-state index in [0.717, 1.165) is 42.8 Å². The number of nitrogens with one attached hydrogen (secondary N) is 1. The zero-order chi connectivity index (χ0) is 14.8. The third kappa shape index (κ3) is 3.33. The Bertz CT molecular complexity index is 623. The van der Waals surface area contributed by atoms with Crippen LogP contribution in [0.4, 0.5) is 0 Å². The second-order valence-corrected chi connectivity index (χ2v) is 6.22. The van der Waals surface area contributed by atoms with Crippen LogP contribution in [0.1, 0.15) is 31.5 Å². The number of benzene rings is 1. The molecule has 21 heavy (non-hydrogen) atoms. The fourth-order valence-corrected chi connectivity index (χ4v) is 3.02. The van der Waals surface area contributed by atoms with Gasteiger partial charge in [0.2, 0.25) is 5.91 Å². The van der Waals surface area contributed by atoms with Crippen molar-refractivity contribution in [3.63, 3.8) is 0 Å². The Balaban J connectivity index is 1.66. The minimum Gasteiger partial charge on any atom is -0.343 e. The van der Waals surface area contributed by atoms with Crippen molar-refractivity contribution in [3.8, 4) is 0 Å². The smallest absolute Gasteiger partial charge is 0.223 e. The summed E-state index contributed by atoms with van der Waals surface area (Å²) in [6, 6.07) is 3.51. The third-order valence-corrected chi connectivity index (χ3v) is 4.58. The van der Waals surface area contributed by atoms with E-state index in [0.29, 0.717) is 22.9 Å². The normalized spacial score (nSPS) is 15.6. The van der Waals surface area contributed by atoms with E-state index in [4.69, 9.17) is 23.2 Å². The van der Waals surface area contributed by atoms with Crippen LogP contribution in [-0.4, -0.2) is 33.9 Å². The minimum atomic E-state index is 0.214. The largest absolute Gasteiger partial charge is 0.343 e. The summed E-state index contributed by atoms with van der Waals surface area (Å²) in [4.78, 5) is 21.8. The van der Waals surface area contributed by atoms with Gasteiger partial charge in [-0.25, -0.2) is 4.98 Å². The lowest BCUT2D eigenvalue weighted by molar-refractivity contribution is -0.132. The number of hydrogen-bond acceptors (Lipinski definition) is 2. The number of nitrogens with zero attached hydrogens (tertiary/aromatic N) is 2. The fourth-order valence-electron chi connectivity index (χ4n) is 2.70. The van der Waals surface area contributed by atoms with Gasteiger partial charge in [0.05, 0.1) is 21.1 Å². The van der Waals surface area contributed by atoms with Crippen LogP contribution in [-0.2, 0) is 11.2 Å². The van der Waals surface area contributed by atoms with Gasteiger partial charge in [-0.05, 0) is 31.4 Å². The van der Waals surface area contributed by atoms with E-state index < -0.39 is 0 Å². The van der Waals surface area contributed by atoms with E-state index in [1.807, 2.05) is 4.90 Å². The highest BCUT2D eigenvalue weighted by atomic mass is 35.5. The summed E-state index contributed by atoms with van der Waals surface area (Å²) in [5.41, 5.74) is 1.63. The minimum absolute atomic E-state index is 0.214. The molecule has 1 N–H and O–H groups in total. The van der Waals surface area contributed by atoms with Crippen LogP contribution in [0.3, 0.4) is 0 Å². The molecular weight excluding hydrogens is 309 g/mol. The molecule has 0 atom stereocenters. The van der Waals surface area contributed by atoms with Gasteiger partial charge in [-0.2, -0.15) is 0 Å². The second kappa shape index (κ2) is 6.24. The summed E-state index contributed by atoms with van der Waals surface area (Å²) in [6.07, 6.45) is 4.57. The average Bonchev–Trinajstić information content (AvgIpc) is 2.88. The number of aryl methyl sites for hydroxylation is 1. The molecule has 2 heterocycles. The van der Waals surface area contributed by atoms with Crippen LogP contribution in [0, 0.1) is 0 Å². The Morgan fingerprint density at radius 2 is 1.90 bits per heavy atom. The fraction of sp³-hybridized carbons (Fsp3) is 0.467. The Morgan fingerprint density at radius 3 is 2.67 bits per heavy atom. The molecule has 3 rings (SSSR count). The van der Waals surface area contributed by atoms with E-state index in [1.54, 1.807) is 12.1 Å². The highest BCUT2D eigenvalue weighted by molar-refractivity contribution is 6.42. The van der Waals surface area contributed by atoms with Crippen LogP contribution in [0.25, 0.3) is 11.0 Å². The number of aromatic nitrogens is 2. The van der Waals surface area contributed by atoms with Gasteiger partial charge in [0.25, 0.3) is 0 Å². The monoisotopic (exact) mass is 325 g/mol. The maximum absolute atomic E-state index is 12.1. The molecule has 0 saturated carbocycles. The first-order valence-electron chi connectivity index (χ1n) is 7.25. The number of piperidine rings is 1. The maximum Gasteiger partial charge on any atom is 0.223 e. The molecule has 2 aromatic rings. The number of carbonyl (C=O) groups excluding carboxylic acids is 1. The molecule has 0 spiro atoms. The molecule has 1 aliphatic heterocycles. The lowest BCUT2D eigenvalue weighted by Gasteiger charge is -2.26. The van der Waals surface area contributed by atoms with Crippen LogP contribution >= 0.6 is 23.2 Å². The molecule has 1 aromatic carbocycles. The van der Waals surface area contributed by atoms with Crippen molar-refractivity contribution in [1.82, 2.24) is 14.9 Å². The quantitative estimate of drug-likeness (QED) is 0.932. The first-order valence-corrected chi connectivity index (χ1v) is 8.00. The summed E-state index contributed by atoms with van der Waals surface area (Å²) in [5.74, 6) is 1.01. The number of H-pyrrole nitrogens is 1. The van der Waals surface area contributed by atoms with Gasteiger partial charge in [0.15, 0.2) is 0 Å². The van der Waals surface area contributed by atoms with Crippen LogP contribution in [0.2, 0.25) is 10.0 Å². The van der Waals surface area contributed by atoms with E-state index in [-0.39, 0.29) is 5.91 Å². The zero-order valence-corrected chi connectivity index (χ0v) is 13.2. The molecule has 0 radical (unpaired) electrons. The van der Waals surface area contributed by atoms with Gasteiger partial charge in [0, 0.05) is 25.9 Å². The van der Waals surface area contributed by atoms with Gasteiger partial charge in [-0.3, -0.25) is 4.79 Å². The molecular formula is C15H17Cl2N3O. The Morgan fingerprint density at radius 1 is 1.19 bits per heavy atom. The molecule has 112 valence electrons. The number of rotatable bonds is 3. The molecule has 0 unspecified atom stereocenters. The molecule has 1 fully saturated rings. The third-order valence-electron chi connectivity index (χ3n) is 3.86. The number of fused-ring (bicyclic) bond motifs is 1. The first kappa shape index (κ1) is 14.7. The van der Waals surface area contributed by atoms with Crippen LogP contribution < -0.4 is 0 Å². The molecule has 1 aliphatic rings. The summed E-state index contributed by atoms with van der Waals surface area (Å²) in [7, 11) is 0. The van der Waals surface area contributed by atoms with Crippen molar-refractivity contribution in [3.05, 3.63) is 28.0 Å².